The molecule has 0 aliphatic heterocycles. The molecule has 1 amide bonds. The average molecular weight is 323 g/mol. The standard InChI is InChI=1S/C16H19ClN2OS/c1-3-18-10-12-5-4-6-13(9-12)19-16(20)11(2)14-7-8-15(17)21-14/h4-9,11,18H,3,10H2,1-2H3,(H,19,20). The van der Waals surface area contributed by atoms with Crippen LogP contribution in [0.5, 0.6) is 0 Å². The number of hydrogen-bond acceptors (Lipinski definition) is 3. The van der Waals surface area contributed by atoms with Crippen molar-refractivity contribution in [2.45, 2.75) is 26.3 Å². The molecule has 0 radical (unpaired) electrons. The smallest absolute Gasteiger partial charge is 0.232 e. The summed E-state index contributed by atoms with van der Waals surface area (Å²) in [5.74, 6) is -0.228. The van der Waals surface area contributed by atoms with Crippen molar-refractivity contribution in [3.63, 3.8) is 0 Å². The van der Waals surface area contributed by atoms with Crippen LogP contribution in [-0.4, -0.2) is 12.5 Å². The van der Waals surface area contributed by atoms with E-state index in [0.29, 0.717) is 4.34 Å². The number of anilines is 1. The maximum atomic E-state index is 12.3. The Balaban J connectivity index is 2.02. The van der Waals surface area contributed by atoms with E-state index in [1.54, 1.807) is 0 Å². The van der Waals surface area contributed by atoms with Crippen molar-refractivity contribution in [3.8, 4) is 0 Å². The second kappa shape index (κ2) is 7.59. The first kappa shape index (κ1) is 16.0. The summed E-state index contributed by atoms with van der Waals surface area (Å²) in [7, 11) is 0. The molecular formula is C16H19ClN2OS. The first-order chi connectivity index (χ1) is 10.1. The summed E-state index contributed by atoms with van der Waals surface area (Å²) in [6, 6.07) is 11.6. The minimum atomic E-state index is -0.208. The van der Waals surface area contributed by atoms with Crippen molar-refractivity contribution in [2.24, 2.45) is 0 Å². The normalized spacial score (nSPS) is 12.1. The molecule has 2 aromatic rings. The molecule has 2 N–H and O–H groups in total. The van der Waals surface area contributed by atoms with E-state index in [1.165, 1.54) is 11.3 Å². The van der Waals surface area contributed by atoms with Gasteiger partial charge >= 0.3 is 0 Å². The molecule has 1 atom stereocenters. The van der Waals surface area contributed by atoms with E-state index in [9.17, 15) is 4.79 Å². The van der Waals surface area contributed by atoms with Gasteiger partial charge in [-0.1, -0.05) is 30.7 Å². The second-order valence-corrected chi connectivity index (χ2v) is 6.58. The average Bonchev–Trinajstić information content (AvgIpc) is 2.91. The lowest BCUT2D eigenvalue weighted by Gasteiger charge is -2.12. The zero-order chi connectivity index (χ0) is 15.2. The summed E-state index contributed by atoms with van der Waals surface area (Å²) >= 11 is 7.36. The lowest BCUT2D eigenvalue weighted by atomic mass is 10.1. The van der Waals surface area contributed by atoms with Gasteiger partial charge in [-0.25, -0.2) is 0 Å². The molecule has 0 bridgehead atoms. The van der Waals surface area contributed by atoms with Gasteiger partial charge in [0.1, 0.15) is 0 Å². The zero-order valence-corrected chi connectivity index (χ0v) is 13.7. The van der Waals surface area contributed by atoms with E-state index in [4.69, 9.17) is 11.6 Å². The fourth-order valence-corrected chi connectivity index (χ4v) is 3.08. The van der Waals surface area contributed by atoms with E-state index in [2.05, 4.69) is 17.6 Å². The lowest BCUT2D eigenvalue weighted by Crippen LogP contribution is -2.18. The molecule has 0 spiro atoms. The number of nitrogens with one attached hydrogen (secondary N) is 2. The fraction of sp³-hybridized carbons (Fsp3) is 0.312. The Morgan fingerprint density at radius 2 is 2.14 bits per heavy atom. The molecule has 1 aromatic heterocycles. The van der Waals surface area contributed by atoms with Crippen LogP contribution in [0.4, 0.5) is 5.69 Å². The maximum Gasteiger partial charge on any atom is 0.232 e. The highest BCUT2D eigenvalue weighted by Gasteiger charge is 2.17. The Hall–Kier alpha value is -1.36. The Morgan fingerprint density at radius 3 is 2.81 bits per heavy atom. The molecule has 0 saturated carbocycles. The molecule has 0 fully saturated rings. The van der Waals surface area contributed by atoms with E-state index in [0.717, 1.165) is 29.2 Å². The van der Waals surface area contributed by atoms with Crippen molar-refractivity contribution in [1.29, 1.82) is 0 Å². The maximum absolute atomic E-state index is 12.3. The zero-order valence-electron chi connectivity index (χ0n) is 12.2. The Morgan fingerprint density at radius 1 is 1.33 bits per heavy atom. The van der Waals surface area contributed by atoms with Crippen LogP contribution < -0.4 is 10.6 Å². The monoisotopic (exact) mass is 322 g/mol. The molecule has 1 unspecified atom stereocenters. The highest BCUT2D eigenvalue weighted by molar-refractivity contribution is 7.16. The van der Waals surface area contributed by atoms with Gasteiger partial charge in [-0.05, 0) is 43.3 Å². The summed E-state index contributed by atoms with van der Waals surface area (Å²) in [6.07, 6.45) is 0. The topological polar surface area (TPSA) is 41.1 Å². The summed E-state index contributed by atoms with van der Waals surface area (Å²) in [5.41, 5.74) is 1.98. The molecule has 2 rings (SSSR count). The van der Waals surface area contributed by atoms with Crippen molar-refractivity contribution >= 4 is 34.5 Å². The van der Waals surface area contributed by atoms with E-state index < -0.39 is 0 Å². The second-order valence-electron chi connectivity index (χ2n) is 4.83. The summed E-state index contributed by atoms with van der Waals surface area (Å²) < 4.78 is 0.706. The van der Waals surface area contributed by atoms with Crippen LogP contribution in [-0.2, 0) is 11.3 Å². The van der Waals surface area contributed by atoms with Crippen LogP contribution in [0.3, 0.4) is 0 Å². The van der Waals surface area contributed by atoms with E-state index >= 15 is 0 Å². The van der Waals surface area contributed by atoms with Gasteiger partial charge in [-0.15, -0.1) is 11.3 Å². The van der Waals surface area contributed by atoms with Crippen molar-refractivity contribution < 1.29 is 4.79 Å². The Bertz CT molecular complexity index is 612. The van der Waals surface area contributed by atoms with Crippen LogP contribution in [0.25, 0.3) is 0 Å². The number of carbonyl (C=O) groups is 1. The number of rotatable bonds is 6. The first-order valence-corrected chi connectivity index (χ1v) is 8.15. The number of hydrogen-bond donors (Lipinski definition) is 2. The molecule has 21 heavy (non-hydrogen) atoms. The van der Waals surface area contributed by atoms with Crippen LogP contribution in [0, 0.1) is 0 Å². The predicted molar refractivity (Wildman–Crippen MR) is 90.2 cm³/mol. The molecule has 112 valence electrons. The number of amides is 1. The minimum Gasteiger partial charge on any atom is -0.326 e. The third-order valence-corrected chi connectivity index (χ3v) is 4.60. The molecule has 3 nitrogen and oxygen atoms in total. The molecule has 1 aromatic carbocycles. The largest absolute Gasteiger partial charge is 0.326 e. The molecule has 0 aliphatic carbocycles. The molecular weight excluding hydrogens is 304 g/mol. The number of thiophene rings is 1. The SMILES string of the molecule is CCNCc1cccc(NC(=O)C(C)c2ccc(Cl)s2)c1. The molecule has 1 heterocycles. The van der Waals surface area contributed by atoms with Gasteiger partial charge in [-0.3, -0.25) is 4.79 Å². The Labute approximate surface area is 134 Å². The van der Waals surface area contributed by atoms with Gasteiger partial charge in [-0.2, -0.15) is 0 Å². The van der Waals surface area contributed by atoms with Gasteiger partial charge in [0, 0.05) is 17.1 Å². The third kappa shape index (κ3) is 4.56. The quantitative estimate of drug-likeness (QED) is 0.834. The van der Waals surface area contributed by atoms with Gasteiger partial charge in [0.2, 0.25) is 5.91 Å². The van der Waals surface area contributed by atoms with Gasteiger partial charge in [0.05, 0.1) is 10.3 Å². The number of benzene rings is 1. The van der Waals surface area contributed by atoms with Crippen LogP contribution in [0.15, 0.2) is 36.4 Å². The summed E-state index contributed by atoms with van der Waals surface area (Å²) in [5, 5.41) is 6.23. The highest BCUT2D eigenvalue weighted by atomic mass is 35.5. The molecule has 0 aliphatic rings. The Kier molecular flexibility index (Phi) is 5.79. The minimum absolute atomic E-state index is 0.0193. The predicted octanol–water partition coefficient (Wildman–Crippen LogP) is 4.25. The number of carbonyl (C=O) groups excluding carboxylic acids is 1. The fourth-order valence-electron chi connectivity index (χ4n) is 1.97. The summed E-state index contributed by atoms with van der Waals surface area (Å²) in [4.78, 5) is 13.3. The van der Waals surface area contributed by atoms with Crippen molar-refractivity contribution in [2.75, 3.05) is 11.9 Å². The molecule has 5 heteroatoms. The van der Waals surface area contributed by atoms with Gasteiger partial charge in [0.15, 0.2) is 0 Å². The van der Waals surface area contributed by atoms with Gasteiger partial charge < -0.3 is 10.6 Å². The lowest BCUT2D eigenvalue weighted by molar-refractivity contribution is -0.117. The van der Waals surface area contributed by atoms with Crippen LogP contribution in [0.1, 0.15) is 30.2 Å². The van der Waals surface area contributed by atoms with E-state index in [-0.39, 0.29) is 11.8 Å². The van der Waals surface area contributed by atoms with Crippen LogP contribution >= 0.6 is 22.9 Å². The number of halogens is 1. The third-order valence-electron chi connectivity index (χ3n) is 3.19. The first-order valence-electron chi connectivity index (χ1n) is 6.96. The molecule has 0 saturated heterocycles. The van der Waals surface area contributed by atoms with Gasteiger partial charge in [0.25, 0.3) is 0 Å². The van der Waals surface area contributed by atoms with Crippen molar-refractivity contribution in [3.05, 3.63) is 51.2 Å². The highest BCUT2D eigenvalue weighted by Crippen LogP contribution is 2.28. The van der Waals surface area contributed by atoms with E-state index in [1.807, 2.05) is 43.3 Å². The summed E-state index contributed by atoms with van der Waals surface area (Å²) in [6.45, 7) is 5.68. The van der Waals surface area contributed by atoms with Crippen molar-refractivity contribution in [1.82, 2.24) is 5.32 Å². The van der Waals surface area contributed by atoms with Crippen LogP contribution in [0.2, 0.25) is 4.34 Å².